The van der Waals surface area contributed by atoms with Crippen LogP contribution in [0.5, 0.6) is 5.75 Å². The van der Waals surface area contributed by atoms with Crippen LogP contribution >= 0.6 is 0 Å². The molecule has 27 heavy (non-hydrogen) atoms. The van der Waals surface area contributed by atoms with Crippen LogP contribution in [0.2, 0.25) is 0 Å². The highest BCUT2D eigenvalue weighted by Gasteiger charge is 2.18. The lowest BCUT2D eigenvalue weighted by Crippen LogP contribution is -2.37. The first-order valence-electron chi connectivity index (χ1n) is 9.11. The van der Waals surface area contributed by atoms with Crippen molar-refractivity contribution in [2.24, 2.45) is 0 Å². The number of aliphatic hydroxyl groups excluding tert-OH is 1. The molecular weight excluding hydrogens is 346 g/mol. The Morgan fingerprint density at radius 1 is 1.33 bits per heavy atom. The number of nitrogens with zero attached hydrogens (tertiary/aromatic N) is 3. The molecule has 1 atom stereocenters. The van der Waals surface area contributed by atoms with Gasteiger partial charge in [0.05, 0.1) is 18.9 Å². The molecule has 4 N–H and O–H groups in total. The van der Waals surface area contributed by atoms with Gasteiger partial charge in [-0.3, -0.25) is 0 Å². The molecule has 146 valence electrons. The number of aromatic nitrogens is 2. The van der Waals surface area contributed by atoms with Crippen molar-refractivity contribution >= 4 is 11.8 Å². The van der Waals surface area contributed by atoms with E-state index in [9.17, 15) is 5.11 Å². The van der Waals surface area contributed by atoms with E-state index < -0.39 is 6.10 Å². The smallest absolute Gasteiger partial charge is 0.228 e. The Hall–Kier alpha value is -2.42. The van der Waals surface area contributed by atoms with Gasteiger partial charge in [0, 0.05) is 30.8 Å². The normalized spacial score (nSPS) is 15.6. The monoisotopic (exact) mass is 373 g/mol. The van der Waals surface area contributed by atoms with Gasteiger partial charge in [-0.1, -0.05) is 12.1 Å². The first-order valence-corrected chi connectivity index (χ1v) is 9.11. The van der Waals surface area contributed by atoms with Crippen LogP contribution < -0.4 is 20.7 Å². The molecular formula is C19H27N5O3. The molecule has 1 aromatic carbocycles. The van der Waals surface area contributed by atoms with Crippen molar-refractivity contribution in [3.63, 3.8) is 0 Å². The zero-order valence-electron chi connectivity index (χ0n) is 15.8. The van der Waals surface area contributed by atoms with Crippen molar-refractivity contribution in [1.82, 2.24) is 15.3 Å². The number of likely N-dealkylation sites (N-methyl/N-ethyl adjacent to an activating group) is 1. The molecule has 0 amide bonds. The SMILES string of the molecule is CNCC(O)COc1cccc(-c2nc(N3CCOCC3)nc(N)c2C)c1. The Morgan fingerprint density at radius 2 is 2.11 bits per heavy atom. The van der Waals surface area contributed by atoms with Crippen molar-refractivity contribution in [2.75, 3.05) is 57.1 Å². The van der Waals surface area contributed by atoms with Gasteiger partial charge < -0.3 is 30.5 Å². The second-order valence-corrected chi connectivity index (χ2v) is 6.53. The molecule has 1 aromatic heterocycles. The summed E-state index contributed by atoms with van der Waals surface area (Å²) < 4.78 is 11.1. The summed E-state index contributed by atoms with van der Waals surface area (Å²) in [6, 6.07) is 7.64. The highest BCUT2D eigenvalue weighted by atomic mass is 16.5. The number of morpholine rings is 1. The van der Waals surface area contributed by atoms with E-state index in [1.807, 2.05) is 31.2 Å². The Bertz CT molecular complexity index is 765. The number of aliphatic hydroxyl groups is 1. The third-order valence-corrected chi connectivity index (χ3v) is 4.46. The fourth-order valence-electron chi connectivity index (χ4n) is 2.93. The predicted molar refractivity (Wildman–Crippen MR) is 105 cm³/mol. The van der Waals surface area contributed by atoms with E-state index in [1.165, 1.54) is 0 Å². The van der Waals surface area contributed by atoms with Gasteiger partial charge in [0.2, 0.25) is 5.95 Å². The van der Waals surface area contributed by atoms with Crippen molar-refractivity contribution in [3.05, 3.63) is 29.8 Å². The molecule has 1 saturated heterocycles. The standard InChI is InChI=1S/C19H27N5O3/c1-13-17(22-19(23-18(13)20)24-6-8-26-9-7-24)14-4-3-5-16(10-14)27-12-15(25)11-21-2/h3-5,10,15,21,25H,6-9,11-12H2,1-2H3,(H2,20,22,23). The van der Waals surface area contributed by atoms with Crippen LogP contribution in [0, 0.1) is 6.92 Å². The summed E-state index contributed by atoms with van der Waals surface area (Å²) >= 11 is 0. The van der Waals surface area contributed by atoms with Crippen LogP contribution in [-0.2, 0) is 4.74 Å². The quantitative estimate of drug-likeness (QED) is 0.655. The lowest BCUT2D eigenvalue weighted by molar-refractivity contribution is 0.108. The van der Waals surface area contributed by atoms with Gasteiger partial charge in [-0.2, -0.15) is 4.98 Å². The van der Waals surface area contributed by atoms with Gasteiger partial charge >= 0.3 is 0 Å². The van der Waals surface area contributed by atoms with Gasteiger partial charge in [-0.15, -0.1) is 0 Å². The molecule has 0 aliphatic carbocycles. The molecule has 8 heteroatoms. The fourth-order valence-corrected chi connectivity index (χ4v) is 2.93. The largest absolute Gasteiger partial charge is 0.491 e. The molecule has 1 fully saturated rings. The second-order valence-electron chi connectivity index (χ2n) is 6.53. The second kappa shape index (κ2) is 8.98. The molecule has 0 bridgehead atoms. The van der Waals surface area contributed by atoms with Crippen LogP contribution in [0.15, 0.2) is 24.3 Å². The summed E-state index contributed by atoms with van der Waals surface area (Å²) in [5.41, 5.74) is 8.67. The first-order chi connectivity index (χ1) is 13.1. The first kappa shape index (κ1) is 19.3. The zero-order valence-corrected chi connectivity index (χ0v) is 15.8. The van der Waals surface area contributed by atoms with E-state index in [0.29, 0.717) is 37.3 Å². The van der Waals surface area contributed by atoms with E-state index >= 15 is 0 Å². The van der Waals surface area contributed by atoms with Gasteiger partial charge in [-0.05, 0) is 26.1 Å². The number of anilines is 2. The number of hydrogen-bond acceptors (Lipinski definition) is 8. The Labute approximate surface area is 159 Å². The minimum absolute atomic E-state index is 0.216. The van der Waals surface area contributed by atoms with Crippen LogP contribution in [0.25, 0.3) is 11.3 Å². The maximum Gasteiger partial charge on any atom is 0.228 e. The highest BCUT2D eigenvalue weighted by molar-refractivity contribution is 5.70. The van der Waals surface area contributed by atoms with Crippen LogP contribution in [0.3, 0.4) is 0 Å². The molecule has 2 aromatic rings. The van der Waals surface area contributed by atoms with Gasteiger partial charge in [0.25, 0.3) is 0 Å². The van der Waals surface area contributed by atoms with Crippen molar-refractivity contribution in [3.8, 4) is 17.0 Å². The van der Waals surface area contributed by atoms with E-state index in [1.54, 1.807) is 7.05 Å². The number of nitrogens with one attached hydrogen (secondary N) is 1. The van der Waals surface area contributed by atoms with Crippen molar-refractivity contribution in [2.45, 2.75) is 13.0 Å². The van der Waals surface area contributed by atoms with Gasteiger partial charge in [0.15, 0.2) is 0 Å². The third kappa shape index (κ3) is 4.85. The van der Waals surface area contributed by atoms with E-state index in [4.69, 9.17) is 20.2 Å². The average Bonchev–Trinajstić information content (AvgIpc) is 2.69. The molecule has 3 rings (SSSR count). The molecule has 1 aliphatic heterocycles. The summed E-state index contributed by atoms with van der Waals surface area (Å²) in [6.07, 6.45) is -0.567. The highest BCUT2D eigenvalue weighted by Crippen LogP contribution is 2.29. The van der Waals surface area contributed by atoms with E-state index in [2.05, 4.69) is 15.2 Å². The topological polar surface area (TPSA) is 106 Å². The number of nitrogens with two attached hydrogens (primary N) is 1. The van der Waals surface area contributed by atoms with Gasteiger partial charge in [-0.25, -0.2) is 4.98 Å². The Morgan fingerprint density at radius 3 is 2.85 bits per heavy atom. The van der Waals surface area contributed by atoms with Crippen LogP contribution in [-0.4, -0.2) is 67.7 Å². The molecule has 8 nitrogen and oxygen atoms in total. The summed E-state index contributed by atoms with van der Waals surface area (Å²) in [7, 11) is 1.79. The minimum atomic E-state index is -0.567. The van der Waals surface area contributed by atoms with Gasteiger partial charge in [0.1, 0.15) is 24.3 Å². The maximum atomic E-state index is 9.82. The maximum absolute atomic E-state index is 9.82. The lowest BCUT2D eigenvalue weighted by atomic mass is 10.1. The lowest BCUT2D eigenvalue weighted by Gasteiger charge is -2.27. The van der Waals surface area contributed by atoms with Crippen molar-refractivity contribution < 1.29 is 14.6 Å². The predicted octanol–water partition coefficient (Wildman–Crippen LogP) is 0.830. The summed E-state index contributed by atoms with van der Waals surface area (Å²) in [4.78, 5) is 11.3. The molecule has 0 spiro atoms. The number of benzene rings is 1. The minimum Gasteiger partial charge on any atom is -0.491 e. The number of rotatable bonds is 7. The Kier molecular flexibility index (Phi) is 6.44. The number of ether oxygens (including phenoxy) is 2. The van der Waals surface area contributed by atoms with E-state index in [-0.39, 0.29) is 6.61 Å². The zero-order chi connectivity index (χ0) is 19.2. The number of nitrogen functional groups attached to an aromatic ring is 1. The summed E-state index contributed by atoms with van der Waals surface area (Å²) in [6.45, 7) is 5.41. The molecule has 2 heterocycles. The van der Waals surface area contributed by atoms with Crippen LogP contribution in [0.4, 0.5) is 11.8 Å². The molecule has 1 unspecified atom stereocenters. The summed E-state index contributed by atoms with van der Waals surface area (Å²) in [5.74, 6) is 1.76. The number of hydrogen-bond donors (Lipinski definition) is 3. The molecule has 0 radical (unpaired) electrons. The summed E-state index contributed by atoms with van der Waals surface area (Å²) in [5, 5.41) is 12.7. The average molecular weight is 373 g/mol. The Balaban J connectivity index is 1.84. The molecule has 1 aliphatic rings. The third-order valence-electron chi connectivity index (χ3n) is 4.46. The van der Waals surface area contributed by atoms with E-state index in [0.717, 1.165) is 29.9 Å². The van der Waals surface area contributed by atoms with Crippen LogP contribution in [0.1, 0.15) is 5.56 Å². The fraction of sp³-hybridized carbons (Fsp3) is 0.474. The van der Waals surface area contributed by atoms with Crippen molar-refractivity contribution in [1.29, 1.82) is 0 Å². The molecule has 0 saturated carbocycles.